The Balaban J connectivity index is 2.06. The van der Waals surface area contributed by atoms with Gasteiger partial charge in [0, 0.05) is 11.8 Å². The first-order valence-corrected chi connectivity index (χ1v) is 6.56. The SMILES string of the molecule is CCC(=NO)c1ccc(OCc2cccnc2C#N)cc1. The molecule has 21 heavy (non-hydrogen) atoms. The highest BCUT2D eigenvalue weighted by atomic mass is 16.5. The van der Waals surface area contributed by atoms with E-state index in [1.54, 1.807) is 24.4 Å². The largest absolute Gasteiger partial charge is 0.489 e. The molecule has 1 N–H and O–H groups in total. The highest BCUT2D eigenvalue weighted by Gasteiger charge is 2.05. The molecule has 0 atom stereocenters. The summed E-state index contributed by atoms with van der Waals surface area (Å²) >= 11 is 0. The summed E-state index contributed by atoms with van der Waals surface area (Å²) in [4.78, 5) is 3.98. The molecule has 0 spiro atoms. The lowest BCUT2D eigenvalue weighted by atomic mass is 10.1. The van der Waals surface area contributed by atoms with Crippen LogP contribution in [0.25, 0.3) is 0 Å². The summed E-state index contributed by atoms with van der Waals surface area (Å²) in [5.41, 5.74) is 2.59. The van der Waals surface area contributed by atoms with E-state index < -0.39 is 0 Å². The van der Waals surface area contributed by atoms with E-state index in [0.717, 1.165) is 11.1 Å². The predicted molar refractivity (Wildman–Crippen MR) is 78.3 cm³/mol. The molecule has 5 heteroatoms. The van der Waals surface area contributed by atoms with E-state index in [4.69, 9.17) is 15.2 Å². The number of hydrogen-bond donors (Lipinski definition) is 1. The number of benzene rings is 1. The van der Waals surface area contributed by atoms with Crippen molar-refractivity contribution in [1.82, 2.24) is 4.98 Å². The zero-order chi connectivity index (χ0) is 15.1. The van der Waals surface area contributed by atoms with Crippen molar-refractivity contribution in [3.8, 4) is 11.8 Å². The smallest absolute Gasteiger partial charge is 0.147 e. The highest BCUT2D eigenvalue weighted by molar-refractivity contribution is 6.00. The van der Waals surface area contributed by atoms with Crippen LogP contribution in [0.1, 0.15) is 30.2 Å². The predicted octanol–water partition coefficient (Wildman–Crippen LogP) is 3.12. The van der Waals surface area contributed by atoms with Crippen molar-refractivity contribution in [3.05, 3.63) is 59.4 Å². The second-order valence-electron chi connectivity index (χ2n) is 4.34. The van der Waals surface area contributed by atoms with Crippen molar-refractivity contribution in [2.75, 3.05) is 0 Å². The lowest BCUT2D eigenvalue weighted by Gasteiger charge is -2.08. The number of rotatable bonds is 5. The van der Waals surface area contributed by atoms with Crippen LogP contribution in [-0.2, 0) is 6.61 Å². The lowest BCUT2D eigenvalue weighted by Crippen LogP contribution is -2.01. The molecule has 2 rings (SSSR count). The molecule has 0 amide bonds. The van der Waals surface area contributed by atoms with Gasteiger partial charge in [0.25, 0.3) is 0 Å². The van der Waals surface area contributed by atoms with E-state index in [1.807, 2.05) is 31.2 Å². The fraction of sp³-hybridized carbons (Fsp3) is 0.188. The fourth-order valence-corrected chi connectivity index (χ4v) is 1.89. The van der Waals surface area contributed by atoms with Gasteiger partial charge in [-0.05, 0) is 42.3 Å². The minimum Gasteiger partial charge on any atom is -0.489 e. The van der Waals surface area contributed by atoms with Crippen LogP contribution in [0.2, 0.25) is 0 Å². The Morgan fingerprint density at radius 2 is 2.10 bits per heavy atom. The third kappa shape index (κ3) is 3.57. The van der Waals surface area contributed by atoms with Gasteiger partial charge in [0.05, 0.1) is 5.71 Å². The minimum absolute atomic E-state index is 0.283. The van der Waals surface area contributed by atoms with E-state index in [0.29, 0.717) is 23.6 Å². The molecule has 1 heterocycles. The molecule has 0 saturated heterocycles. The molecule has 0 radical (unpaired) electrons. The van der Waals surface area contributed by atoms with E-state index >= 15 is 0 Å². The van der Waals surface area contributed by atoms with Gasteiger partial charge >= 0.3 is 0 Å². The van der Waals surface area contributed by atoms with Gasteiger partial charge in [-0.15, -0.1) is 0 Å². The number of aromatic nitrogens is 1. The molecular weight excluding hydrogens is 266 g/mol. The van der Waals surface area contributed by atoms with Gasteiger partial charge < -0.3 is 9.94 Å². The molecule has 5 nitrogen and oxygen atoms in total. The van der Waals surface area contributed by atoms with Crippen LogP contribution in [0.5, 0.6) is 5.75 Å². The number of nitriles is 1. The van der Waals surface area contributed by atoms with Crippen LogP contribution in [-0.4, -0.2) is 15.9 Å². The summed E-state index contributed by atoms with van der Waals surface area (Å²) in [7, 11) is 0. The molecule has 0 saturated carbocycles. The molecule has 0 bridgehead atoms. The zero-order valence-electron chi connectivity index (χ0n) is 11.7. The Bertz CT molecular complexity index is 673. The van der Waals surface area contributed by atoms with Gasteiger partial charge in [-0.3, -0.25) is 0 Å². The van der Waals surface area contributed by atoms with E-state index in [2.05, 4.69) is 10.1 Å². The average Bonchev–Trinajstić information content (AvgIpc) is 2.55. The number of ether oxygens (including phenoxy) is 1. The molecular formula is C16H15N3O2. The summed E-state index contributed by atoms with van der Waals surface area (Å²) in [5, 5.41) is 21.1. The first-order chi connectivity index (χ1) is 10.3. The summed E-state index contributed by atoms with van der Waals surface area (Å²) in [5.74, 6) is 0.680. The van der Waals surface area contributed by atoms with Gasteiger partial charge in [-0.25, -0.2) is 4.98 Å². The second kappa shape index (κ2) is 7.06. The Kier molecular flexibility index (Phi) is 4.89. The molecule has 1 aromatic heterocycles. The first-order valence-electron chi connectivity index (χ1n) is 6.56. The van der Waals surface area contributed by atoms with Crippen molar-refractivity contribution in [2.45, 2.75) is 20.0 Å². The monoisotopic (exact) mass is 281 g/mol. The lowest BCUT2D eigenvalue weighted by molar-refractivity contribution is 0.305. The molecule has 0 aliphatic carbocycles. The van der Waals surface area contributed by atoms with Gasteiger partial charge in [0.1, 0.15) is 24.1 Å². The summed E-state index contributed by atoms with van der Waals surface area (Å²) < 4.78 is 5.64. The Morgan fingerprint density at radius 1 is 1.33 bits per heavy atom. The fourth-order valence-electron chi connectivity index (χ4n) is 1.89. The summed E-state index contributed by atoms with van der Waals surface area (Å²) in [6, 6.07) is 12.9. The van der Waals surface area contributed by atoms with Crippen LogP contribution in [0.4, 0.5) is 0 Å². The molecule has 0 aliphatic heterocycles. The number of pyridine rings is 1. The second-order valence-corrected chi connectivity index (χ2v) is 4.34. The van der Waals surface area contributed by atoms with Gasteiger partial charge in [0.15, 0.2) is 0 Å². The van der Waals surface area contributed by atoms with Crippen molar-refractivity contribution in [2.24, 2.45) is 5.16 Å². The molecule has 2 aromatic rings. The van der Waals surface area contributed by atoms with Crippen molar-refractivity contribution >= 4 is 5.71 Å². The number of nitrogens with zero attached hydrogens (tertiary/aromatic N) is 3. The maximum Gasteiger partial charge on any atom is 0.147 e. The number of hydrogen-bond acceptors (Lipinski definition) is 5. The Morgan fingerprint density at radius 3 is 2.71 bits per heavy atom. The van der Waals surface area contributed by atoms with Gasteiger partial charge in [-0.1, -0.05) is 18.1 Å². The maximum atomic E-state index is 8.96. The normalized spacial score (nSPS) is 11.0. The highest BCUT2D eigenvalue weighted by Crippen LogP contribution is 2.16. The van der Waals surface area contributed by atoms with E-state index in [1.165, 1.54) is 0 Å². The van der Waals surface area contributed by atoms with E-state index in [9.17, 15) is 0 Å². The molecule has 0 fully saturated rings. The standard InChI is InChI=1S/C16H15N3O2/c1-2-15(19-20)12-5-7-14(8-6-12)21-11-13-4-3-9-18-16(13)10-17/h3-9,20H,2,11H2,1H3. The number of oxime groups is 1. The molecule has 0 unspecified atom stereocenters. The molecule has 0 aliphatic rings. The van der Waals surface area contributed by atoms with Crippen LogP contribution in [0.3, 0.4) is 0 Å². The quantitative estimate of drug-likeness (QED) is 0.519. The van der Waals surface area contributed by atoms with Crippen molar-refractivity contribution in [3.63, 3.8) is 0 Å². The van der Waals surface area contributed by atoms with Crippen molar-refractivity contribution in [1.29, 1.82) is 5.26 Å². The van der Waals surface area contributed by atoms with Crippen LogP contribution in [0.15, 0.2) is 47.8 Å². The van der Waals surface area contributed by atoms with Gasteiger partial charge in [0.2, 0.25) is 0 Å². The van der Waals surface area contributed by atoms with Gasteiger partial charge in [-0.2, -0.15) is 5.26 Å². The Hall–Kier alpha value is -2.87. The van der Waals surface area contributed by atoms with Crippen LogP contribution < -0.4 is 4.74 Å². The van der Waals surface area contributed by atoms with Crippen LogP contribution in [0, 0.1) is 11.3 Å². The minimum atomic E-state index is 0.283. The maximum absolute atomic E-state index is 8.96. The summed E-state index contributed by atoms with van der Waals surface area (Å²) in [6.45, 7) is 2.20. The Labute approximate surface area is 123 Å². The average molecular weight is 281 g/mol. The molecule has 1 aromatic carbocycles. The summed E-state index contributed by atoms with van der Waals surface area (Å²) in [6.07, 6.45) is 2.23. The zero-order valence-corrected chi connectivity index (χ0v) is 11.7. The van der Waals surface area contributed by atoms with E-state index in [-0.39, 0.29) is 6.61 Å². The third-order valence-electron chi connectivity index (χ3n) is 3.03. The van der Waals surface area contributed by atoms with Crippen molar-refractivity contribution < 1.29 is 9.94 Å². The first kappa shape index (κ1) is 14.5. The molecule has 106 valence electrons. The van der Waals surface area contributed by atoms with Crippen LogP contribution >= 0.6 is 0 Å². The topological polar surface area (TPSA) is 78.5 Å². The third-order valence-corrected chi connectivity index (χ3v) is 3.03.